The molecule has 90 valence electrons. The van der Waals surface area contributed by atoms with Crippen LogP contribution in [-0.4, -0.2) is 26.8 Å². The van der Waals surface area contributed by atoms with Crippen molar-refractivity contribution in [3.05, 3.63) is 18.2 Å². The monoisotopic (exact) mass is 223 g/mol. The predicted octanol–water partition coefficient (Wildman–Crippen LogP) is 1.20. The van der Waals surface area contributed by atoms with E-state index in [0.29, 0.717) is 0 Å². The van der Waals surface area contributed by atoms with Crippen molar-refractivity contribution in [3.8, 4) is 0 Å². The lowest BCUT2D eigenvalue weighted by molar-refractivity contribution is 0.119. The first-order valence-corrected chi connectivity index (χ1v) is 6.07. The Morgan fingerprint density at radius 2 is 2.19 bits per heavy atom. The van der Waals surface area contributed by atoms with Crippen LogP contribution in [0.5, 0.6) is 0 Å². The van der Waals surface area contributed by atoms with Gasteiger partial charge in [-0.3, -0.25) is 0 Å². The molecule has 0 unspecified atom stereocenters. The molecular weight excluding hydrogens is 202 g/mol. The topological polar surface area (TPSA) is 50.1 Å². The van der Waals surface area contributed by atoms with Crippen molar-refractivity contribution in [2.24, 2.45) is 7.05 Å². The molecule has 16 heavy (non-hydrogen) atoms. The smallest absolute Gasteiger partial charge is 0.0945 e. The van der Waals surface area contributed by atoms with Gasteiger partial charge in [0.05, 0.1) is 18.6 Å². The number of aliphatic hydroxyl groups is 1. The van der Waals surface area contributed by atoms with E-state index < -0.39 is 0 Å². The maximum atomic E-state index is 9.55. The van der Waals surface area contributed by atoms with Crippen molar-refractivity contribution in [3.63, 3.8) is 0 Å². The number of rotatable bonds is 4. The molecule has 1 aromatic rings. The van der Waals surface area contributed by atoms with Gasteiger partial charge in [0.1, 0.15) is 0 Å². The molecule has 2 rings (SSSR count). The normalized spacial score (nSPS) is 19.9. The molecule has 1 aliphatic carbocycles. The highest BCUT2D eigenvalue weighted by molar-refractivity contribution is 5.00. The Morgan fingerprint density at radius 1 is 1.44 bits per heavy atom. The first-order valence-electron chi connectivity index (χ1n) is 6.07. The van der Waals surface area contributed by atoms with E-state index in [1.807, 2.05) is 24.1 Å². The van der Waals surface area contributed by atoms with Gasteiger partial charge in [-0.05, 0) is 12.8 Å². The van der Waals surface area contributed by atoms with E-state index >= 15 is 0 Å². The quantitative estimate of drug-likeness (QED) is 0.806. The van der Waals surface area contributed by atoms with Gasteiger partial charge in [-0.2, -0.15) is 0 Å². The van der Waals surface area contributed by atoms with Crippen molar-refractivity contribution in [1.29, 1.82) is 0 Å². The van der Waals surface area contributed by atoms with E-state index in [2.05, 4.69) is 10.3 Å². The number of aryl methyl sites for hydroxylation is 1. The van der Waals surface area contributed by atoms with Gasteiger partial charge in [0.25, 0.3) is 0 Å². The number of hydrogen-bond donors (Lipinski definition) is 2. The molecular formula is C12H21N3O. The van der Waals surface area contributed by atoms with Crippen molar-refractivity contribution in [1.82, 2.24) is 14.9 Å². The zero-order valence-corrected chi connectivity index (χ0v) is 9.95. The van der Waals surface area contributed by atoms with Crippen LogP contribution in [0.15, 0.2) is 12.5 Å². The molecule has 0 bridgehead atoms. The van der Waals surface area contributed by atoms with Crippen molar-refractivity contribution >= 4 is 0 Å². The third-order valence-corrected chi connectivity index (χ3v) is 3.67. The van der Waals surface area contributed by atoms with Crippen LogP contribution in [0.1, 0.15) is 37.8 Å². The second-order valence-corrected chi connectivity index (χ2v) is 4.85. The summed E-state index contributed by atoms with van der Waals surface area (Å²) in [4.78, 5) is 4.09. The van der Waals surface area contributed by atoms with Crippen LogP contribution in [0.2, 0.25) is 0 Å². The van der Waals surface area contributed by atoms with E-state index in [4.69, 9.17) is 0 Å². The Morgan fingerprint density at radius 3 is 2.75 bits per heavy atom. The minimum absolute atomic E-state index is 0.0531. The fourth-order valence-corrected chi connectivity index (χ4v) is 2.45. The Balaban J connectivity index is 1.94. The Labute approximate surface area is 96.7 Å². The average molecular weight is 223 g/mol. The highest BCUT2D eigenvalue weighted by Gasteiger charge is 2.30. The number of nitrogens with zero attached hydrogens (tertiary/aromatic N) is 2. The molecule has 0 radical (unpaired) electrons. The second-order valence-electron chi connectivity index (χ2n) is 4.85. The van der Waals surface area contributed by atoms with Crippen LogP contribution >= 0.6 is 0 Å². The van der Waals surface area contributed by atoms with Gasteiger partial charge < -0.3 is 15.0 Å². The van der Waals surface area contributed by atoms with Crippen LogP contribution in [0.3, 0.4) is 0 Å². The van der Waals surface area contributed by atoms with E-state index in [1.165, 1.54) is 25.0 Å². The lowest BCUT2D eigenvalue weighted by Crippen LogP contribution is -2.49. The molecule has 1 fully saturated rings. The summed E-state index contributed by atoms with van der Waals surface area (Å²) in [5, 5.41) is 13.1. The van der Waals surface area contributed by atoms with Gasteiger partial charge in [-0.25, -0.2) is 4.98 Å². The number of imidazole rings is 1. The van der Waals surface area contributed by atoms with Crippen LogP contribution in [0, 0.1) is 0 Å². The number of nitrogens with one attached hydrogen (secondary N) is 1. The molecule has 1 aromatic heterocycles. The minimum atomic E-state index is -0.0531. The number of aromatic nitrogens is 2. The fourth-order valence-electron chi connectivity index (χ4n) is 2.45. The lowest BCUT2D eigenvalue weighted by atomic mass is 9.82. The largest absolute Gasteiger partial charge is 0.394 e. The highest BCUT2D eigenvalue weighted by Crippen LogP contribution is 2.27. The summed E-state index contributed by atoms with van der Waals surface area (Å²) in [7, 11) is 2.00. The highest BCUT2D eigenvalue weighted by atomic mass is 16.3. The molecule has 0 aliphatic heterocycles. The molecule has 0 spiro atoms. The second kappa shape index (κ2) is 4.97. The average Bonchev–Trinajstić information content (AvgIpc) is 2.74. The standard InChI is InChI=1S/C12H21N3O/c1-15-10-13-7-11(15)8-14-12(9-16)5-3-2-4-6-12/h7,10,14,16H,2-6,8-9H2,1H3. The van der Waals surface area contributed by atoms with Crippen LogP contribution < -0.4 is 5.32 Å². The van der Waals surface area contributed by atoms with E-state index in [9.17, 15) is 5.11 Å². The Bertz CT molecular complexity index is 329. The van der Waals surface area contributed by atoms with E-state index in [-0.39, 0.29) is 12.1 Å². The molecule has 2 N–H and O–H groups in total. The summed E-state index contributed by atoms with van der Waals surface area (Å²) in [6.07, 6.45) is 9.60. The minimum Gasteiger partial charge on any atom is -0.394 e. The van der Waals surface area contributed by atoms with Gasteiger partial charge in [-0.1, -0.05) is 19.3 Å². The van der Waals surface area contributed by atoms with Crippen molar-refractivity contribution < 1.29 is 5.11 Å². The zero-order chi connectivity index (χ0) is 11.4. The Hall–Kier alpha value is -0.870. The number of hydrogen-bond acceptors (Lipinski definition) is 3. The van der Waals surface area contributed by atoms with Crippen molar-refractivity contribution in [2.45, 2.75) is 44.2 Å². The molecule has 4 heteroatoms. The molecule has 4 nitrogen and oxygen atoms in total. The summed E-state index contributed by atoms with van der Waals surface area (Å²) in [5.41, 5.74) is 1.11. The summed E-state index contributed by atoms with van der Waals surface area (Å²) in [6, 6.07) is 0. The maximum absolute atomic E-state index is 9.55. The SMILES string of the molecule is Cn1cncc1CNC1(CO)CCCCC1. The summed E-state index contributed by atoms with van der Waals surface area (Å²) < 4.78 is 2.01. The molecule has 0 aromatic carbocycles. The molecule has 1 heterocycles. The van der Waals surface area contributed by atoms with Crippen LogP contribution in [0.25, 0.3) is 0 Å². The van der Waals surface area contributed by atoms with Gasteiger partial charge in [0.15, 0.2) is 0 Å². The van der Waals surface area contributed by atoms with Gasteiger partial charge in [-0.15, -0.1) is 0 Å². The van der Waals surface area contributed by atoms with Gasteiger partial charge in [0, 0.05) is 25.3 Å². The van der Waals surface area contributed by atoms with Gasteiger partial charge in [0.2, 0.25) is 0 Å². The van der Waals surface area contributed by atoms with Crippen molar-refractivity contribution in [2.75, 3.05) is 6.61 Å². The fraction of sp³-hybridized carbons (Fsp3) is 0.750. The van der Waals surface area contributed by atoms with Crippen LogP contribution in [0.4, 0.5) is 0 Å². The van der Waals surface area contributed by atoms with Crippen LogP contribution in [-0.2, 0) is 13.6 Å². The molecule has 0 saturated heterocycles. The molecule has 0 atom stereocenters. The summed E-state index contributed by atoms with van der Waals surface area (Å²) >= 11 is 0. The molecule has 0 amide bonds. The van der Waals surface area contributed by atoms with Gasteiger partial charge >= 0.3 is 0 Å². The lowest BCUT2D eigenvalue weighted by Gasteiger charge is -2.36. The summed E-state index contributed by atoms with van der Waals surface area (Å²) in [5.74, 6) is 0. The third-order valence-electron chi connectivity index (χ3n) is 3.67. The maximum Gasteiger partial charge on any atom is 0.0945 e. The molecule has 1 saturated carbocycles. The first-order chi connectivity index (χ1) is 7.76. The van der Waals surface area contributed by atoms with E-state index in [1.54, 1.807) is 0 Å². The summed E-state index contributed by atoms with van der Waals surface area (Å²) in [6.45, 7) is 1.03. The zero-order valence-electron chi connectivity index (χ0n) is 9.95. The molecule has 1 aliphatic rings. The Kier molecular flexibility index (Phi) is 3.61. The third kappa shape index (κ3) is 2.44. The van der Waals surface area contributed by atoms with E-state index in [0.717, 1.165) is 19.4 Å². The first kappa shape index (κ1) is 11.6. The number of aliphatic hydroxyl groups excluding tert-OH is 1. The predicted molar refractivity (Wildman–Crippen MR) is 62.9 cm³/mol.